The summed E-state index contributed by atoms with van der Waals surface area (Å²) in [7, 11) is 1.03. The molecule has 3 N–H and O–H groups in total. The lowest BCUT2D eigenvalue weighted by Gasteiger charge is -2.32. The highest BCUT2D eigenvalue weighted by molar-refractivity contribution is 6.46. The molecule has 4 nitrogen and oxygen atoms in total. The normalized spacial score (nSPS) is 14.4. The Hall–Kier alpha value is -2.31. The van der Waals surface area contributed by atoms with Crippen LogP contribution >= 0.6 is 23.2 Å². The summed E-state index contributed by atoms with van der Waals surface area (Å²) in [6.45, 7) is 1.89. The summed E-state index contributed by atoms with van der Waals surface area (Å²) in [4.78, 5) is 15.2. The van der Waals surface area contributed by atoms with Gasteiger partial charge in [-0.25, -0.2) is 0 Å². The Labute approximate surface area is 199 Å². The number of benzene rings is 3. The van der Waals surface area contributed by atoms with E-state index in [0.29, 0.717) is 52.2 Å². The fourth-order valence-corrected chi connectivity index (χ4v) is 4.72. The van der Waals surface area contributed by atoms with Crippen molar-refractivity contribution in [2.45, 2.75) is 25.3 Å². The summed E-state index contributed by atoms with van der Waals surface area (Å²) in [5, 5.41) is 10.0. The molecular weight excluding hydrogens is 442 g/mol. The van der Waals surface area contributed by atoms with Gasteiger partial charge in [0.25, 0.3) is 5.91 Å². The Balaban J connectivity index is 1.53. The van der Waals surface area contributed by atoms with Gasteiger partial charge < -0.3 is 15.7 Å². The van der Waals surface area contributed by atoms with E-state index in [1.807, 2.05) is 23.1 Å². The molecule has 1 heterocycles. The predicted octanol–water partition coefficient (Wildman–Crippen LogP) is 4.38. The van der Waals surface area contributed by atoms with Gasteiger partial charge >= 0.3 is 7.48 Å². The van der Waals surface area contributed by atoms with Crippen LogP contribution in [0, 0.1) is 0 Å². The van der Waals surface area contributed by atoms with Crippen molar-refractivity contribution in [2.75, 3.05) is 13.1 Å². The molecular formula is C25H24BCl2N2O2. The van der Waals surface area contributed by atoms with Gasteiger partial charge in [-0.2, -0.15) is 0 Å². The topological polar surface area (TPSA) is 66.6 Å². The second kappa shape index (κ2) is 10.1. The first-order valence-electron chi connectivity index (χ1n) is 10.6. The van der Waals surface area contributed by atoms with E-state index in [2.05, 4.69) is 18.2 Å². The molecule has 3 aromatic rings. The Kier molecular flexibility index (Phi) is 7.22. The number of nitrogens with zero attached hydrogens (tertiary/aromatic N) is 1. The Morgan fingerprint density at radius 3 is 2.53 bits per heavy atom. The van der Waals surface area contributed by atoms with Crippen LogP contribution < -0.4 is 11.2 Å². The number of likely N-dealkylation sites (tertiary alicyclic amines) is 1. The lowest BCUT2D eigenvalue weighted by atomic mass is 9.86. The molecule has 1 amide bonds. The van der Waals surface area contributed by atoms with E-state index in [1.54, 1.807) is 24.3 Å². The van der Waals surface area contributed by atoms with Crippen LogP contribution in [0.1, 0.15) is 40.2 Å². The van der Waals surface area contributed by atoms with Crippen molar-refractivity contribution in [3.63, 3.8) is 0 Å². The zero-order valence-corrected chi connectivity index (χ0v) is 19.1. The summed E-state index contributed by atoms with van der Waals surface area (Å²) in [5.41, 5.74) is 10.8. The molecule has 0 atom stereocenters. The Morgan fingerprint density at radius 2 is 1.81 bits per heavy atom. The van der Waals surface area contributed by atoms with Crippen molar-refractivity contribution in [1.29, 1.82) is 0 Å². The minimum absolute atomic E-state index is 0.0520. The summed E-state index contributed by atoms with van der Waals surface area (Å²) in [5.74, 6) is 0.372. The van der Waals surface area contributed by atoms with E-state index in [-0.39, 0.29) is 5.91 Å². The predicted molar refractivity (Wildman–Crippen MR) is 132 cm³/mol. The second-order valence-electron chi connectivity index (χ2n) is 8.09. The molecule has 3 aromatic carbocycles. The monoisotopic (exact) mass is 465 g/mol. The maximum Gasteiger partial charge on any atom is 0.326 e. The fraction of sp³-hybridized carbons (Fsp3) is 0.240. The Morgan fingerprint density at radius 1 is 1.06 bits per heavy atom. The molecule has 0 aromatic heterocycles. The number of piperidine rings is 1. The third-order valence-corrected chi connectivity index (χ3v) is 6.86. The average Bonchev–Trinajstić information content (AvgIpc) is 2.85. The molecule has 163 valence electrons. The van der Waals surface area contributed by atoms with Gasteiger partial charge in [0.1, 0.15) is 0 Å². The van der Waals surface area contributed by atoms with Crippen LogP contribution in [0.25, 0.3) is 11.1 Å². The SMILES string of the molecule is NCc1cccc(C2CCN(C(=O)c3cc(Cl)c(Cl)c(-c4cccc([B]O)c4)c3)CC2)c1. The molecule has 0 aliphatic carbocycles. The number of carbonyl (C=O) groups excluding carboxylic acids is 1. The largest absolute Gasteiger partial charge is 0.450 e. The number of carbonyl (C=O) groups is 1. The lowest BCUT2D eigenvalue weighted by molar-refractivity contribution is 0.0713. The molecule has 1 fully saturated rings. The smallest absolute Gasteiger partial charge is 0.326 e. The first-order valence-corrected chi connectivity index (χ1v) is 11.4. The standard InChI is InChI=1S/C25H24BCl2N2O2/c27-23-14-20(13-22(24(23)28)19-5-2-6-21(12-19)26-32)25(31)30-9-7-17(8-10-30)18-4-1-3-16(11-18)15-29/h1-6,11-14,17,32H,7-10,15,29H2. The van der Waals surface area contributed by atoms with E-state index in [1.165, 1.54) is 5.56 Å². The van der Waals surface area contributed by atoms with Crippen molar-refractivity contribution in [3.8, 4) is 11.1 Å². The number of rotatable bonds is 5. The van der Waals surface area contributed by atoms with Gasteiger partial charge in [0.2, 0.25) is 0 Å². The van der Waals surface area contributed by atoms with Crippen molar-refractivity contribution in [2.24, 2.45) is 5.73 Å². The molecule has 0 bridgehead atoms. The van der Waals surface area contributed by atoms with Crippen LogP contribution in [0.4, 0.5) is 0 Å². The van der Waals surface area contributed by atoms with E-state index >= 15 is 0 Å². The van der Waals surface area contributed by atoms with E-state index in [4.69, 9.17) is 28.9 Å². The maximum absolute atomic E-state index is 13.3. The number of halogens is 2. The second-order valence-corrected chi connectivity index (χ2v) is 8.87. The Bertz CT molecular complexity index is 1130. The minimum Gasteiger partial charge on any atom is -0.450 e. The van der Waals surface area contributed by atoms with Crippen molar-refractivity contribution in [1.82, 2.24) is 4.90 Å². The molecule has 7 heteroatoms. The zero-order chi connectivity index (χ0) is 22.7. The molecule has 1 radical (unpaired) electrons. The quantitative estimate of drug-likeness (QED) is 0.549. The fourth-order valence-electron chi connectivity index (χ4n) is 4.28. The number of nitrogens with two attached hydrogens (primary N) is 1. The molecule has 1 aliphatic rings. The molecule has 1 aliphatic heterocycles. The van der Waals surface area contributed by atoms with Crippen LogP contribution in [-0.2, 0) is 6.54 Å². The first-order chi connectivity index (χ1) is 15.5. The minimum atomic E-state index is -0.0520. The highest BCUT2D eigenvalue weighted by Crippen LogP contribution is 2.36. The van der Waals surface area contributed by atoms with Gasteiger partial charge in [0.15, 0.2) is 0 Å². The maximum atomic E-state index is 13.3. The van der Waals surface area contributed by atoms with Crippen LogP contribution in [0.2, 0.25) is 10.0 Å². The summed E-state index contributed by atoms with van der Waals surface area (Å²) >= 11 is 12.8. The summed E-state index contributed by atoms with van der Waals surface area (Å²) < 4.78 is 0. The van der Waals surface area contributed by atoms with Crippen LogP contribution in [0.5, 0.6) is 0 Å². The summed E-state index contributed by atoms with van der Waals surface area (Å²) in [6, 6.07) is 19.1. The molecule has 32 heavy (non-hydrogen) atoms. The van der Waals surface area contributed by atoms with Gasteiger partial charge in [-0.3, -0.25) is 4.79 Å². The van der Waals surface area contributed by atoms with Gasteiger partial charge in [-0.1, -0.05) is 77.2 Å². The van der Waals surface area contributed by atoms with Crippen LogP contribution in [0.15, 0.2) is 60.7 Å². The number of amides is 1. The highest BCUT2D eigenvalue weighted by atomic mass is 35.5. The van der Waals surface area contributed by atoms with E-state index < -0.39 is 0 Å². The average molecular weight is 466 g/mol. The van der Waals surface area contributed by atoms with Gasteiger partial charge in [-0.05, 0) is 47.6 Å². The van der Waals surface area contributed by atoms with Crippen molar-refractivity contribution >= 4 is 42.1 Å². The molecule has 0 spiro atoms. The third kappa shape index (κ3) is 4.86. The van der Waals surface area contributed by atoms with Gasteiger partial charge in [-0.15, -0.1) is 0 Å². The van der Waals surface area contributed by atoms with E-state index in [9.17, 15) is 9.82 Å². The van der Waals surface area contributed by atoms with Crippen LogP contribution in [-0.4, -0.2) is 36.4 Å². The highest BCUT2D eigenvalue weighted by Gasteiger charge is 2.26. The van der Waals surface area contributed by atoms with Gasteiger partial charge in [0, 0.05) is 30.8 Å². The third-order valence-electron chi connectivity index (χ3n) is 6.06. The van der Waals surface area contributed by atoms with Gasteiger partial charge in [0.05, 0.1) is 10.0 Å². The molecule has 0 saturated carbocycles. The zero-order valence-electron chi connectivity index (χ0n) is 17.6. The molecule has 1 saturated heterocycles. The molecule has 4 rings (SSSR count). The first kappa shape index (κ1) is 22.9. The lowest BCUT2D eigenvalue weighted by Crippen LogP contribution is -2.38. The van der Waals surface area contributed by atoms with Crippen molar-refractivity contribution in [3.05, 3.63) is 87.4 Å². The van der Waals surface area contributed by atoms with E-state index in [0.717, 1.165) is 31.5 Å². The number of hydrogen-bond donors (Lipinski definition) is 2. The number of hydrogen-bond acceptors (Lipinski definition) is 3. The summed E-state index contributed by atoms with van der Waals surface area (Å²) in [6.07, 6.45) is 1.81. The van der Waals surface area contributed by atoms with Crippen molar-refractivity contribution < 1.29 is 9.82 Å². The molecule has 0 unspecified atom stereocenters. The van der Waals surface area contributed by atoms with Crippen LogP contribution in [0.3, 0.4) is 0 Å².